The van der Waals surface area contributed by atoms with Gasteiger partial charge in [-0.25, -0.2) is 4.79 Å². The summed E-state index contributed by atoms with van der Waals surface area (Å²) >= 11 is 0. The Hall–Kier alpha value is -2.12. The Kier molecular flexibility index (Phi) is 6.57. The maximum Gasteiger partial charge on any atom is 0.321 e. The van der Waals surface area contributed by atoms with Crippen LogP contribution >= 0.6 is 0 Å². The van der Waals surface area contributed by atoms with Gasteiger partial charge in [0.1, 0.15) is 0 Å². The van der Waals surface area contributed by atoms with E-state index in [2.05, 4.69) is 10.6 Å². The second kappa shape index (κ2) is 8.65. The number of urea groups is 1. The first-order chi connectivity index (χ1) is 11.5. The number of hydrogen-bond donors (Lipinski definition) is 2. The topological polar surface area (TPSA) is 105 Å². The first kappa shape index (κ1) is 18.2. The lowest BCUT2D eigenvalue weighted by Gasteiger charge is -2.23. The molecule has 1 heterocycles. The summed E-state index contributed by atoms with van der Waals surface area (Å²) in [5.74, 6) is -1.80. The maximum absolute atomic E-state index is 12.0. The molecule has 1 saturated carbocycles. The molecule has 2 N–H and O–H groups in total. The van der Waals surface area contributed by atoms with Crippen LogP contribution in [0.5, 0.6) is 0 Å². The fourth-order valence-electron chi connectivity index (χ4n) is 3.16. The third-order valence-electron chi connectivity index (χ3n) is 4.39. The van der Waals surface area contributed by atoms with Gasteiger partial charge in [0, 0.05) is 25.6 Å². The standard InChI is InChI=1S/C16H25N3O5/c1-2-7-17-16(23)18-13(20)10-24-15(22)11-8-14(21)19(9-11)12-5-3-4-6-12/h11-12H,2-10H2,1H3,(H2,17,18,20,23)/t11-/m0/s1. The van der Waals surface area contributed by atoms with Gasteiger partial charge in [-0.1, -0.05) is 19.8 Å². The van der Waals surface area contributed by atoms with E-state index in [0.717, 1.165) is 32.1 Å². The summed E-state index contributed by atoms with van der Waals surface area (Å²) < 4.78 is 4.94. The number of imide groups is 1. The van der Waals surface area contributed by atoms with E-state index >= 15 is 0 Å². The molecule has 0 aromatic heterocycles. The molecule has 2 rings (SSSR count). The Bertz CT molecular complexity index is 502. The number of nitrogens with zero attached hydrogens (tertiary/aromatic N) is 1. The number of carbonyl (C=O) groups is 4. The van der Waals surface area contributed by atoms with E-state index < -0.39 is 30.4 Å². The fraction of sp³-hybridized carbons (Fsp3) is 0.750. The second-order valence-corrected chi connectivity index (χ2v) is 6.30. The molecule has 0 radical (unpaired) electrons. The average Bonchev–Trinajstić information content (AvgIpc) is 3.19. The quantitative estimate of drug-likeness (QED) is 0.688. The molecular formula is C16H25N3O5. The van der Waals surface area contributed by atoms with Gasteiger partial charge in [-0.2, -0.15) is 0 Å². The van der Waals surface area contributed by atoms with E-state index in [0.29, 0.717) is 13.1 Å². The molecule has 4 amide bonds. The van der Waals surface area contributed by atoms with E-state index in [4.69, 9.17) is 4.74 Å². The van der Waals surface area contributed by atoms with Gasteiger partial charge >= 0.3 is 12.0 Å². The molecule has 0 unspecified atom stereocenters. The summed E-state index contributed by atoms with van der Waals surface area (Å²) in [7, 11) is 0. The molecule has 2 fully saturated rings. The Labute approximate surface area is 141 Å². The van der Waals surface area contributed by atoms with Crippen LogP contribution in [0.25, 0.3) is 0 Å². The minimum absolute atomic E-state index is 0.0211. The fourth-order valence-corrected chi connectivity index (χ4v) is 3.16. The first-order valence-electron chi connectivity index (χ1n) is 8.55. The van der Waals surface area contributed by atoms with Gasteiger partial charge in [-0.05, 0) is 19.3 Å². The largest absolute Gasteiger partial charge is 0.455 e. The molecule has 1 saturated heterocycles. The smallest absolute Gasteiger partial charge is 0.321 e. The normalized spacial score (nSPS) is 21.0. The molecule has 2 aliphatic rings. The van der Waals surface area contributed by atoms with Crippen LogP contribution in [0.15, 0.2) is 0 Å². The molecule has 8 nitrogen and oxygen atoms in total. The van der Waals surface area contributed by atoms with Crippen LogP contribution < -0.4 is 10.6 Å². The van der Waals surface area contributed by atoms with Crippen molar-refractivity contribution < 1.29 is 23.9 Å². The minimum Gasteiger partial charge on any atom is -0.455 e. The number of hydrogen-bond acceptors (Lipinski definition) is 5. The number of likely N-dealkylation sites (tertiary alicyclic amines) is 1. The molecule has 0 spiro atoms. The molecule has 1 aliphatic carbocycles. The van der Waals surface area contributed by atoms with Crippen molar-refractivity contribution in [1.82, 2.24) is 15.5 Å². The summed E-state index contributed by atoms with van der Waals surface area (Å²) in [4.78, 5) is 48.7. The van der Waals surface area contributed by atoms with Gasteiger partial charge in [-0.15, -0.1) is 0 Å². The van der Waals surface area contributed by atoms with E-state index in [1.165, 1.54) is 0 Å². The molecule has 1 atom stereocenters. The molecule has 0 aromatic carbocycles. The first-order valence-corrected chi connectivity index (χ1v) is 8.55. The number of carbonyl (C=O) groups excluding carboxylic acids is 4. The monoisotopic (exact) mass is 339 g/mol. The molecule has 8 heteroatoms. The van der Waals surface area contributed by atoms with Crippen molar-refractivity contribution >= 4 is 23.8 Å². The Morgan fingerprint density at radius 3 is 2.62 bits per heavy atom. The lowest BCUT2D eigenvalue weighted by atomic mass is 10.1. The summed E-state index contributed by atoms with van der Waals surface area (Å²) in [5, 5.41) is 4.57. The predicted molar refractivity (Wildman–Crippen MR) is 84.9 cm³/mol. The maximum atomic E-state index is 12.0. The Balaban J connectivity index is 1.71. The highest BCUT2D eigenvalue weighted by Gasteiger charge is 2.39. The van der Waals surface area contributed by atoms with E-state index in [-0.39, 0.29) is 18.4 Å². The van der Waals surface area contributed by atoms with Crippen molar-refractivity contribution in [2.45, 2.75) is 51.5 Å². The van der Waals surface area contributed by atoms with Crippen LogP contribution in [-0.2, 0) is 19.1 Å². The van der Waals surface area contributed by atoms with Gasteiger partial charge in [0.2, 0.25) is 5.91 Å². The van der Waals surface area contributed by atoms with Crippen LogP contribution in [0.1, 0.15) is 45.4 Å². The number of rotatable bonds is 6. The van der Waals surface area contributed by atoms with E-state index in [1.807, 2.05) is 6.92 Å². The van der Waals surface area contributed by atoms with E-state index in [9.17, 15) is 19.2 Å². The summed E-state index contributed by atoms with van der Waals surface area (Å²) in [5.41, 5.74) is 0. The van der Waals surface area contributed by atoms with Crippen molar-refractivity contribution in [3.05, 3.63) is 0 Å². The zero-order valence-electron chi connectivity index (χ0n) is 14.0. The minimum atomic E-state index is -0.686. The van der Waals surface area contributed by atoms with Crippen LogP contribution in [0.2, 0.25) is 0 Å². The van der Waals surface area contributed by atoms with Gasteiger partial charge in [-0.3, -0.25) is 19.7 Å². The van der Waals surface area contributed by atoms with Crippen molar-refractivity contribution in [2.24, 2.45) is 5.92 Å². The summed E-state index contributed by atoms with van der Waals surface area (Å²) in [6.45, 7) is 2.19. The summed E-state index contributed by atoms with van der Waals surface area (Å²) in [6.07, 6.45) is 5.09. The highest BCUT2D eigenvalue weighted by Crippen LogP contribution is 2.29. The molecule has 24 heavy (non-hydrogen) atoms. The van der Waals surface area contributed by atoms with Crippen LogP contribution in [0.4, 0.5) is 4.79 Å². The van der Waals surface area contributed by atoms with Crippen LogP contribution in [-0.4, -0.2) is 54.5 Å². The van der Waals surface area contributed by atoms with Gasteiger partial charge < -0.3 is 15.0 Å². The lowest BCUT2D eigenvalue weighted by molar-refractivity contribution is -0.152. The highest BCUT2D eigenvalue weighted by atomic mass is 16.5. The SMILES string of the molecule is CCCNC(=O)NC(=O)COC(=O)[C@H]1CC(=O)N(C2CCCC2)C1. The van der Waals surface area contributed by atoms with Crippen LogP contribution in [0, 0.1) is 5.92 Å². The zero-order chi connectivity index (χ0) is 17.5. The predicted octanol–water partition coefficient (Wildman–Crippen LogP) is 0.557. The van der Waals surface area contributed by atoms with Crippen molar-refractivity contribution in [2.75, 3.05) is 19.7 Å². The number of amides is 4. The number of esters is 1. The average molecular weight is 339 g/mol. The van der Waals surface area contributed by atoms with Gasteiger partial charge in [0.05, 0.1) is 5.92 Å². The molecule has 1 aliphatic heterocycles. The van der Waals surface area contributed by atoms with Crippen molar-refractivity contribution in [3.8, 4) is 0 Å². The van der Waals surface area contributed by atoms with E-state index in [1.54, 1.807) is 4.90 Å². The molecule has 0 aromatic rings. The second-order valence-electron chi connectivity index (χ2n) is 6.30. The number of nitrogens with one attached hydrogen (secondary N) is 2. The summed E-state index contributed by atoms with van der Waals surface area (Å²) in [6, 6.07) is -0.373. The molecular weight excluding hydrogens is 314 g/mol. The molecule has 0 bridgehead atoms. The zero-order valence-corrected chi connectivity index (χ0v) is 14.0. The Morgan fingerprint density at radius 1 is 1.25 bits per heavy atom. The molecule has 134 valence electrons. The van der Waals surface area contributed by atoms with Crippen molar-refractivity contribution in [3.63, 3.8) is 0 Å². The lowest BCUT2D eigenvalue weighted by Crippen LogP contribution is -2.42. The third kappa shape index (κ3) is 4.94. The number of ether oxygens (including phenoxy) is 1. The third-order valence-corrected chi connectivity index (χ3v) is 4.39. The van der Waals surface area contributed by atoms with Gasteiger partial charge in [0.25, 0.3) is 5.91 Å². The van der Waals surface area contributed by atoms with Crippen LogP contribution in [0.3, 0.4) is 0 Å². The highest BCUT2D eigenvalue weighted by molar-refractivity contribution is 5.96. The van der Waals surface area contributed by atoms with Gasteiger partial charge in [0.15, 0.2) is 6.61 Å². The van der Waals surface area contributed by atoms with Crippen molar-refractivity contribution in [1.29, 1.82) is 0 Å². The Morgan fingerprint density at radius 2 is 1.96 bits per heavy atom.